The molecule has 1 saturated heterocycles. The quantitative estimate of drug-likeness (QED) is 0.589. The van der Waals surface area contributed by atoms with E-state index >= 15 is 0 Å². The van der Waals surface area contributed by atoms with Crippen molar-refractivity contribution < 1.29 is 23.0 Å². The van der Waals surface area contributed by atoms with Gasteiger partial charge in [0.1, 0.15) is 16.9 Å². The van der Waals surface area contributed by atoms with Crippen molar-refractivity contribution in [3.05, 3.63) is 35.5 Å². The molecule has 8 nitrogen and oxygen atoms in total. The summed E-state index contributed by atoms with van der Waals surface area (Å²) in [6.45, 7) is 3.70. The molecule has 1 aliphatic rings. The molecule has 3 heterocycles. The van der Waals surface area contributed by atoms with Gasteiger partial charge in [0.25, 0.3) is 5.91 Å². The van der Waals surface area contributed by atoms with Crippen LogP contribution in [0.15, 0.2) is 18.3 Å². The van der Waals surface area contributed by atoms with Crippen molar-refractivity contribution in [1.29, 1.82) is 0 Å². The van der Waals surface area contributed by atoms with Crippen LogP contribution in [-0.2, 0) is 11.8 Å². The van der Waals surface area contributed by atoms with Gasteiger partial charge in [-0.2, -0.15) is 0 Å². The second-order valence-corrected chi connectivity index (χ2v) is 7.88. The molecule has 30 heavy (non-hydrogen) atoms. The van der Waals surface area contributed by atoms with Crippen LogP contribution in [-0.4, -0.2) is 72.1 Å². The van der Waals surface area contributed by atoms with E-state index in [4.69, 9.17) is 9.47 Å². The average Bonchev–Trinajstić information content (AvgIpc) is 3.32. The highest BCUT2D eigenvalue weighted by molar-refractivity contribution is 7.22. The normalized spacial score (nSPS) is 14.9. The molecule has 0 atom stereocenters. The number of amides is 1. The summed E-state index contributed by atoms with van der Waals surface area (Å²) in [6, 6.07) is 2.00. The average molecular weight is 437 g/mol. The molecule has 0 aliphatic carbocycles. The molecule has 0 unspecified atom stereocenters. The number of carbonyl (C=O) groups excluding carboxylic acids is 1. The molecule has 1 fully saturated rings. The van der Waals surface area contributed by atoms with Crippen molar-refractivity contribution in [2.45, 2.75) is 0 Å². The van der Waals surface area contributed by atoms with Crippen LogP contribution in [0.1, 0.15) is 10.4 Å². The van der Waals surface area contributed by atoms with Crippen LogP contribution in [0, 0.1) is 11.6 Å². The summed E-state index contributed by atoms with van der Waals surface area (Å²) in [7, 11) is 3.13. The molecule has 2 aromatic heterocycles. The number of hydrogen-bond acceptors (Lipinski definition) is 7. The smallest absolute Gasteiger partial charge is 0.267 e. The van der Waals surface area contributed by atoms with Gasteiger partial charge in [0, 0.05) is 45.5 Å². The Balaban J connectivity index is 1.69. The maximum atomic E-state index is 14.2. The Morgan fingerprint density at radius 2 is 2.10 bits per heavy atom. The Labute approximate surface area is 175 Å². The van der Waals surface area contributed by atoms with E-state index in [2.05, 4.69) is 15.0 Å². The lowest BCUT2D eigenvalue weighted by molar-refractivity contribution is 0.0391. The molecule has 0 saturated carbocycles. The number of hydrogen-bond donors (Lipinski definition) is 0. The van der Waals surface area contributed by atoms with E-state index in [1.807, 2.05) is 0 Å². The van der Waals surface area contributed by atoms with Crippen LogP contribution < -0.4 is 9.64 Å². The first-order valence-electron chi connectivity index (χ1n) is 9.41. The number of halogens is 2. The number of ether oxygens (including phenoxy) is 2. The second kappa shape index (κ2) is 8.62. The van der Waals surface area contributed by atoms with Crippen LogP contribution in [0.25, 0.3) is 10.2 Å². The maximum absolute atomic E-state index is 14.2. The van der Waals surface area contributed by atoms with Gasteiger partial charge >= 0.3 is 0 Å². The first-order chi connectivity index (χ1) is 14.5. The van der Waals surface area contributed by atoms with Crippen LogP contribution >= 0.6 is 11.3 Å². The summed E-state index contributed by atoms with van der Waals surface area (Å²) in [6.07, 6.45) is 1.57. The molecule has 0 radical (unpaired) electrons. The van der Waals surface area contributed by atoms with E-state index in [1.54, 1.807) is 13.2 Å². The van der Waals surface area contributed by atoms with Crippen LogP contribution in [0.5, 0.6) is 5.88 Å². The van der Waals surface area contributed by atoms with Crippen LogP contribution in [0.3, 0.4) is 0 Å². The summed E-state index contributed by atoms with van der Waals surface area (Å²) in [5, 5.41) is 4.43. The first kappa shape index (κ1) is 20.6. The Bertz CT molecular complexity index is 1060. The minimum Gasteiger partial charge on any atom is -0.479 e. The third-order valence-corrected chi connectivity index (χ3v) is 5.87. The summed E-state index contributed by atoms with van der Waals surface area (Å²) in [5.41, 5.74) is 0.312. The fourth-order valence-corrected chi connectivity index (χ4v) is 4.35. The highest BCUT2D eigenvalue weighted by atomic mass is 32.1. The molecule has 1 amide bonds. The highest BCUT2D eigenvalue weighted by Gasteiger charge is 2.27. The number of aromatic nitrogens is 3. The van der Waals surface area contributed by atoms with Crippen molar-refractivity contribution in [1.82, 2.24) is 19.7 Å². The van der Waals surface area contributed by atoms with Crippen molar-refractivity contribution in [3.8, 4) is 5.88 Å². The van der Waals surface area contributed by atoms with Gasteiger partial charge in [0.15, 0.2) is 10.9 Å². The van der Waals surface area contributed by atoms with E-state index in [9.17, 15) is 13.6 Å². The molecule has 0 bridgehead atoms. The minimum absolute atomic E-state index is 0.0405. The van der Waals surface area contributed by atoms with Crippen molar-refractivity contribution in [2.24, 2.45) is 7.05 Å². The van der Waals surface area contributed by atoms with Gasteiger partial charge in [0.2, 0.25) is 5.88 Å². The lowest BCUT2D eigenvalue weighted by atomic mass is 10.3. The molecular formula is C19H21F2N5O3S. The van der Waals surface area contributed by atoms with Crippen molar-refractivity contribution in [3.63, 3.8) is 0 Å². The van der Waals surface area contributed by atoms with Gasteiger partial charge in [-0.15, -0.1) is 5.10 Å². The van der Waals surface area contributed by atoms with Crippen molar-refractivity contribution >= 4 is 32.6 Å². The fraction of sp³-hybridized carbons (Fsp3) is 0.421. The lowest BCUT2D eigenvalue weighted by Crippen LogP contribution is -2.43. The van der Waals surface area contributed by atoms with E-state index < -0.39 is 11.6 Å². The summed E-state index contributed by atoms with van der Waals surface area (Å²) in [5.74, 6) is -1.62. The first-order valence-corrected chi connectivity index (χ1v) is 10.2. The Morgan fingerprint density at radius 3 is 2.83 bits per heavy atom. The SMILES string of the molecule is COc1nn(C)cc1C(=O)N(CCN1CCOCC1)c1nc2c(F)cc(F)cc2s1. The van der Waals surface area contributed by atoms with E-state index in [-0.39, 0.29) is 22.9 Å². The predicted molar refractivity (Wildman–Crippen MR) is 108 cm³/mol. The Morgan fingerprint density at radius 1 is 1.33 bits per heavy atom. The zero-order chi connectivity index (χ0) is 21.3. The lowest BCUT2D eigenvalue weighted by Gasteiger charge is -2.29. The minimum atomic E-state index is -0.757. The van der Waals surface area contributed by atoms with Gasteiger partial charge in [-0.3, -0.25) is 19.3 Å². The molecule has 0 N–H and O–H groups in total. The molecule has 1 aromatic carbocycles. The number of thiazole rings is 1. The number of fused-ring (bicyclic) bond motifs is 1. The molecule has 4 rings (SSSR count). The van der Waals surface area contributed by atoms with Gasteiger partial charge in [-0.05, 0) is 6.07 Å². The third kappa shape index (κ3) is 4.13. The largest absolute Gasteiger partial charge is 0.479 e. The predicted octanol–water partition coefficient (Wildman–Crippen LogP) is 2.30. The Hall–Kier alpha value is -2.63. The summed E-state index contributed by atoms with van der Waals surface area (Å²) >= 11 is 1.07. The number of rotatable bonds is 6. The van der Waals surface area contributed by atoms with Gasteiger partial charge < -0.3 is 9.47 Å². The van der Waals surface area contributed by atoms with Crippen LogP contribution in [0.2, 0.25) is 0 Å². The number of nitrogens with zero attached hydrogens (tertiary/aromatic N) is 5. The van der Waals surface area contributed by atoms with E-state index in [0.29, 0.717) is 36.1 Å². The molecule has 3 aromatic rings. The van der Waals surface area contributed by atoms with Gasteiger partial charge in [0.05, 0.1) is 25.0 Å². The summed E-state index contributed by atoms with van der Waals surface area (Å²) < 4.78 is 40.2. The number of morpholine rings is 1. The monoisotopic (exact) mass is 437 g/mol. The zero-order valence-corrected chi connectivity index (χ0v) is 17.4. The number of anilines is 1. The fourth-order valence-electron chi connectivity index (χ4n) is 3.32. The molecule has 11 heteroatoms. The number of carbonyl (C=O) groups is 1. The van der Waals surface area contributed by atoms with Crippen LogP contribution in [0.4, 0.5) is 13.9 Å². The Kier molecular flexibility index (Phi) is 5.93. The standard InChI is InChI=1S/C19H21F2N5O3S/c1-24-11-13(17(23-24)28-2)18(27)26(4-3-25-5-7-29-8-6-25)19-22-16-14(21)9-12(20)10-15(16)30-19/h9-11H,3-8H2,1-2H3. The summed E-state index contributed by atoms with van der Waals surface area (Å²) in [4.78, 5) is 21.3. The topological polar surface area (TPSA) is 72.7 Å². The molecular weight excluding hydrogens is 416 g/mol. The highest BCUT2D eigenvalue weighted by Crippen LogP contribution is 2.32. The molecule has 160 valence electrons. The van der Waals surface area contributed by atoms with Gasteiger partial charge in [-0.1, -0.05) is 11.3 Å². The van der Waals surface area contributed by atoms with E-state index in [1.165, 1.54) is 22.8 Å². The maximum Gasteiger partial charge on any atom is 0.267 e. The molecule has 0 spiro atoms. The second-order valence-electron chi connectivity index (χ2n) is 6.87. The van der Waals surface area contributed by atoms with E-state index in [0.717, 1.165) is 30.5 Å². The molecule has 1 aliphatic heterocycles. The third-order valence-electron chi connectivity index (χ3n) is 4.84. The van der Waals surface area contributed by atoms with Crippen molar-refractivity contribution in [2.75, 3.05) is 51.4 Å². The van der Waals surface area contributed by atoms with Gasteiger partial charge in [-0.25, -0.2) is 13.8 Å². The number of aryl methyl sites for hydroxylation is 1. The number of benzene rings is 1. The zero-order valence-electron chi connectivity index (χ0n) is 16.6. The number of methoxy groups -OCH3 is 1.